The van der Waals surface area contributed by atoms with Crippen molar-refractivity contribution in [2.24, 2.45) is 4.99 Å². The van der Waals surface area contributed by atoms with Gasteiger partial charge in [0.2, 0.25) is 5.88 Å². The summed E-state index contributed by atoms with van der Waals surface area (Å²) in [4.78, 5) is 10.7. The summed E-state index contributed by atoms with van der Waals surface area (Å²) >= 11 is 9.90. The monoisotopic (exact) mass is 536 g/mol. The van der Waals surface area contributed by atoms with E-state index in [4.69, 9.17) is 31.3 Å². The van der Waals surface area contributed by atoms with Gasteiger partial charge in [-0.25, -0.2) is 10.00 Å². The van der Waals surface area contributed by atoms with E-state index in [9.17, 15) is 0 Å². The number of amidine groups is 1. The SMILES string of the molecule is Clc1cc(Br)ccc1C[C@@H]1CONC(c2cc3cccn3nc2Oc2cccc(C3CC3)c2)=N1. The fourth-order valence-corrected chi connectivity index (χ4v) is 4.93. The molecule has 3 heterocycles. The molecule has 8 heteroatoms. The summed E-state index contributed by atoms with van der Waals surface area (Å²) in [5, 5.41) is 5.43. The zero-order valence-electron chi connectivity index (χ0n) is 18.2. The fourth-order valence-electron chi connectivity index (χ4n) is 4.18. The topological polar surface area (TPSA) is 60.2 Å². The van der Waals surface area contributed by atoms with Crippen LogP contribution < -0.4 is 10.2 Å². The van der Waals surface area contributed by atoms with E-state index in [0.29, 0.717) is 35.7 Å². The van der Waals surface area contributed by atoms with E-state index in [-0.39, 0.29) is 6.04 Å². The highest BCUT2D eigenvalue weighted by molar-refractivity contribution is 9.10. The van der Waals surface area contributed by atoms with Crippen molar-refractivity contribution in [3.05, 3.63) is 93.0 Å². The molecule has 4 aromatic rings. The van der Waals surface area contributed by atoms with Crippen molar-refractivity contribution in [3.8, 4) is 11.6 Å². The third-order valence-corrected chi connectivity index (χ3v) is 6.93. The van der Waals surface area contributed by atoms with E-state index >= 15 is 0 Å². The fraction of sp³-hybridized carbons (Fsp3) is 0.231. The second kappa shape index (κ2) is 9.06. The minimum atomic E-state index is -0.0935. The normalized spacial score (nSPS) is 17.9. The predicted molar refractivity (Wildman–Crippen MR) is 136 cm³/mol. The third kappa shape index (κ3) is 4.56. The predicted octanol–water partition coefficient (Wildman–Crippen LogP) is 6.31. The van der Waals surface area contributed by atoms with E-state index in [2.05, 4.69) is 33.5 Å². The Kier molecular flexibility index (Phi) is 5.77. The Labute approximate surface area is 210 Å². The first kappa shape index (κ1) is 21.6. The molecule has 1 N–H and O–H groups in total. The van der Waals surface area contributed by atoms with Gasteiger partial charge < -0.3 is 4.74 Å². The van der Waals surface area contributed by atoms with Crippen LogP contribution in [0.15, 0.2) is 76.3 Å². The molecule has 0 unspecified atom stereocenters. The lowest BCUT2D eigenvalue weighted by molar-refractivity contribution is 0.0623. The lowest BCUT2D eigenvalue weighted by Gasteiger charge is -2.23. The first-order chi connectivity index (χ1) is 16.6. The first-order valence-corrected chi connectivity index (χ1v) is 12.5. The van der Waals surface area contributed by atoms with Crippen molar-refractivity contribution in [2.45, 2.75) is 31.2 Å². The van der Waals surface area contributed by atoms with Gasteiger partial charge in [0.25, 0.3) is 0 Å². The Balaban J connectivity index is 1.34. The van der Waals surface area contributed by atoms with Gasteiger partial charge >= 0.3 is 0 Å². The van der Waals surface area contributed by atoms with Crippen molar-refractivity contribution in [3.63, 3.8) is 0 Å². The molecular weight excluding hydrogens is 516 g/mol. The van der Waals surface area contributed by atoms with Crippen molar-refractivity contribution in [1.29, 1.82) is 0 Å². The van der Waals surface area contributed by atoms with E-state index in [1.54, 1.807) is 4.52 Å². The molecule has 6 rings (SSSR count). The summed E-state index contributed by atoms with van der Waals surface area (Å²) in [6.45, 7) is 0.441. The summed E-state index contributed by atoms with van der Waals surface area (Å²) in [6.07, 6.45) is 5.05. The van der Waals surface area contributed by atoms with Gasteiger partial charge in [0.05, 0.1) is 23.7 Å². The second-order valence-electron chi connectivity index (χ2n) is 8.67. The molecule has 1 aliphatic heterocycles. The quantitative estimate of drug-likeness (QED) is 0.313. The van der Waals surface area contributed by atoms with Crippen LogP contribution in [0.5, 0.6) is 11.6 Å². The number of aliphatic imine (C=N–C) groups is 1. The lowest BCUT2D eigenvalue weighted by atomic mass is 10.1. The average Bonchev–Trinajstić information content (AvgIpc) is 3.59. The number of hydroxylamine groups is 1. The lowest BCUT2D eigenvalue weighted by Crippen LogP contribution is -2.37. The number of halogens is 2. The highest BCUT2D eigenvalue weighted by Gasteiger charge is 2.25. The third-order valence-electron chi connectivity index (χ3n) is 6.08. The molecule has 2 aromatic heterocycles. The zero-order valence-corrected chi connectivity index (χ0v) is 20.6. The van der Waals surface area contributed by atoms with Gasteiger partial charge in [-0.15, -0.1) is 5.10 Å². The van der Waals surface area contributed by atoms with Crippen LogP contribution in [0.4, 0.5) is 0 Å². The van der Waals surface area contributed by atoms with Gasteiger partial charge in [-0.2, -0.15) is 0 Å². The van der Waals surface area contributed by atoms with Crippen molar-refractivity contribution in [2.75, 3.05) is 6.61 Å². The molecule has 0 amide bonds. The van der Waals surface area contributed by atoms with Gasteiger partial charge in [0.1, 0.15) is 5.75 Å². The summed E-state index contributed by atoms with van der Waals surface area (Å²) in [5.41, 5.74) is 7.00. The van der Waals surface area contributed by atoms with Gasteiger partial charge in [0.15, 0.2) is 5.84 Å². The number of aromatic nitrogens is 2. The number of hydrogen-bond acceptors (Lipinski definition) is 5. The molecule has 1 saturated carbocycles. The van der Waals surface area contributed by atoms with E-state index in [1.165, 1.54) is 18.4 Å². The van der Waals surface area contributed by atoms with Gasteiger partial charge in [0, 0.05) is 15.7 Å². The molecule has 0 saturated heterocycles. The molecule has 6 nitrogen and oxygen atoms in total. The zero-order chi connectivity index (χ0) is 23.1. The van der Waals surface area contributed by atoms with Crippen LogP contribution in [0.2, 0.25) is 5.02 Å². The van der Waals surface area contributed by atoms with Crippen LogP contribution in [0.25, 0.3) is 5.52 Å². The number of rotatable bonds is 6. The minimum Gasteiger partial charge on any atom is -0.437 e. The molecule has 1 aliphatic carbocycles. The number of nitrogens with one attached hydrogen (secondary N) is 1. The van der Waals surface area contributed by atoms with Gasteiger partial charge in [-0.3, -0.25) is 9.83 Å². The van der Waals surface area contributed by atoms with Crippen LogP contribution >= 0.6 is 27.5 Å². The maximum Gasteiger partial charge on any atom is 0.248 e. The number of benzene rings is 2. The number of nitrogens with zero attached hydrogens (tertiary/aromatic N) is 3. The van der Waals surface area contributed by atoms with Crippen LogP contribution in [0, 0.1) is 0 Å². The molecule has 0 bridgehead atoms. The van der Waals surface area contributed by atoms with Crippen LogP contribution in [0.1, 0.15) is 35.4 Å². The molecule has 2 aromatic carbocycles. The molecule has 2 aliphatic rings. The standard InChI is InChI=1S/C26H22BrClN4O2/c27-19-9-8-18(24(28)13-19)11-20-15-33-31-25(29-20)23-14-21-4-2-10-32(21)30-26(23)34-22-5-1-3-17(12-22)16-6-7-16/h1-5,8-10,12-14,16,20H,6-7,11,15H2,(H,29,31)/t20-/m1/s1. The van der Waals surface area contributed by atoms with E-state index < -0.39 is 0 Å². The molecule has 34 heavy (non-hydrogen) atoms. The Morgan fingerprint density at radius 1 is 1.12 bits per heavy atom. The highest BCUT2D eigenvalue weighted by atomic mass is 79.9. The van der Waals surface area contributed by atoms with Crippen molar-refractivity contribution in [1.82, 2.24) is 15.1 Å². The van der Waals surface area contributed by atoms with Crippen molar-refractivity contribution >= 4 is 38.9 Å². The van der Waals surface area contributed by atoms with Crippen molar-refractivity contribution < 1.29 is 9.57 Å². The minimum absolute atomic E-state index is 0.0935. The van der Waals surface area contributed by atoms with Gasteiger partial charge in [-0.1, -0.05) is 45.7 Å². The molecule has 0 spiro atoms. The van der Waals surface area contributed by atoms with E-state index in [0.717, 1.165) is 26.9 Å². The maximum absolute atomic E-state index is 6.44. The number of fused-ring (bicyclic) bond motifs is 1. The highest BCUT2D eigenvalue weighted by Crippen LogP contribution is 2.41. The largest absolute Gasteiger partial charge is 0.437 e. The molecule has 0 radical (unpaired) electrons. The molecule has 1 fully saturated rings. The molecular formula is C26H22BrClN4O2. The summed E-state index contributed by atoms with van der Waals surface area (Å²) in [7, 11) is 0. The van der Waals surface area contributed by atoms with Crippen LogP contribution in [-0.2, 0) is 11.3 Å². The first-order valence-electron chi connectivity index (χ1n) is 11.3. The smallest absolute Gasteiger partial charge is 0.248 e. The Morgan fingerprint density at radius 3 is 2.88 bits per heavy atom. The second-order valence-corrected chi connectivity index (χ2v) is 10.00. The van der Waals surface area contributed by atoms with Gasteiger partial charge in [-0.05, 0) is 78.8 Å². The average molecular weight is 538 g/mol. The Bertz CT molecular complexity index is 1400. The Morgan fingerprint density at radius 2 is 2.03 bits per heavy atom. The maximum atomic E-state index is 6.44. The summed E-state index contributed by atoms with van der Waals surface area (Å²) in [6, 6.07) is 20.0. The van der Waals surface area contributed by atoms with Crippen LogP contribution in [-0.4, -0.2) is 28.1 Å². The molecule has 1 atom stereocenters. The number of hydrogen-bond donors (Lipinski definition) is 1. The number of ether oxygens (including phenoxy) is 1. The Hall–Kier alpha value is -2.87. The van der Waals surface area contributed by atoms with E-state index in [1.807, 2.05) is 54.7 Å². The molecule has 172 valence electrons. The van der Waals surface area contributed by atoms with Crippen LogP contribution in [0.3, 0.4) is 0 Å². The summed E-state index contributed by atoms with van der Waals surface area (Å²) < 4.78 is 9.06. The summed E-state index contributed by atoms with van der Waals surface area (Å²) in [5.74, 6) is 2.47.